The zero-order chi connectivity index (χ0) is 10.2. The highest BCUT2D eigenvalue weighted by Gasteiger charge is 2.17. The summed E-state index contributed by atoms with van der Waals surface area (Å²) in [4.78, 5) is 10.8. The Labute approximate surface area is 87.1 Å². The van der Waals surface area contributed by atoms with Crippen LogP contribution in [0.4, 0.5) is 0 Å². The predicted octanol–water partition coefficient (Wildman–Crippen LogP) is 3.03. The van der Waals surface area contributed by atoms with Gasteiger partial charge in [-0.2, -0.15) is 0 Å². The molecule has 1 heterocycles. The fraction of sp³-hybridized carbons (Fsp3) is 0.500. The quantitative estimate of drug-likeness (QED) is 0.733. The van der Waals surface area contributed by atoms with Gasteiger partial charge >= 0.3 is 0 Å². The lowest BCUT2D eigenvalue weighted by Gasteiger charge is -2.08. The number of halogens is 1. The van der Waals surface area contributed by atoms with Gasteiger partial charge in [-0.15, -0.1) is 0 Å². The van der Waals surface area contributed by atoms with Crippen molar-refractivity contribution < 1.29 is 4.79 Å². The minimum Gasteiger partial charge on any atom is -0.350 e. The number of nitrogens with zero attached hydrogens (tertiary/aromatic N) is 1. The Morgan fingerprint density at radius 1 is 1.46 bits per heavy atom. The Morgan fingerprint density at radius 3 is 2.23 bits per heavy atom. The highest BCUT2D eigenvalue weighted by Crippen LogP contribution is 2.31. The highest BCUT2D eigenvalue weighted by molar-refractivity contribution is 9.10. The molecule has 0 fully saturated rings. The van der Waals surface area contributed by atoms with E-state index in [-0.39, 0.29) is 0 Å². The lowest BCUT2D eigenvalue weighted by atomic mass is 10.1. The molecule has 0 aliphatic rings. The van der Waals surface area contributed by atoms with Gasteiger partial charge in [0.05, 0.1) is 0 Å². The van der Waals surface area contributed by atoms with Gasteiger partial charge in [-0.1, -0.05) is 13.8 Å². The molecule has 0 radical (unpaired) electrons. The van der Waals surface area contributed by atoms with Crippen molar-refractivity contribution in [1.29, 1.82) is 0 Å². The van der Waals surface area contributed by atoms with Gasteiger partial charge in [-0.05, 0) is 28.8 Å². The molecule has 0 saturated heterocycles. The molecule has 1 aromatic rings. The van der Waals surface area contributed by atoms with Crippen LogP contribution < -0.4 is 0 Å². The maximum Gasteiger partial charge on any atom is 0.153 e. The summed E-state index contributed by atoms with van der Waals surface area (Å²) in [6.07, 6.45) is 0.908. The van der Waals surface area contributed by atoms with Crippen molar-refractivity contribution in [1.82, 2.24) is 4.57 Å². The zero-order valence-electron chi connectivity index (χ0n) is 8.39. The second kappa shape index (κ2) is 3.66. The average molecular weight is 244 g/mol. The molecule has 0 unspecified atom stereocenters. The normalized spacial score (nSPS) is 10.9. The first-order chi connectivity index (χ1) is 6.00. The molecule has 0 bridgehead atoms. The number of carbonyl (C=O) groups is 1. The molecule has 3 heteroatoms. The molecule has 0 atom stereocenters. The molecule has 13 heavy (non-hydrogen) atoms. The van der Waals surface area contributed by atoms with Gasteiger partial charge in [-0.25, -0.2) is 0 Å². The van der Waals surface area contributed by atoms with Gasteiger partial charge in [0.2, 0.25) is 0 Å². The van der Waals surface area contributed by atoms with E-state index in [0.29, 0.717) is 5.92 Å². The van der Waals surface area contributed by atoms with Crippen molar-refractivity contribution in [2.75, 3.05) is 0 Å². The molecule has 0 aliphatic heterocycles. The summed E-state index contributed by atoms with van der Waals surface area (Å²) >= 11 is 3.46. The molecule has 2 nitrogen and oxygen atoms in total. The van der Waals surface area contributed by atoms with Crippen molar-refractivity contribution >= 4 is 22.2 Å². The van der Waals surface area contributed by atoms with E-state index in [4.69, 9.17) is 0 Å². The summed E-state index contributed by atoms with van der Waals surface area (Å²) in [7, 11) is 1.99. The highest BCUT2D eigenvalue weighted by atomic mass is 79.9. The third-order valence-electron chi connectivity index (χ3n) is 2.38. The summed E-state index contributed by atoms with van der Waals surface area (Å²) in [6.45, 7) is 6.20. The van der Waals surface area contributed by atoms with Crippen LogP contribution in [0.15, 0.2) is 4.47 Å². The van der Waals surface area contributed by atoms with Gasteiger partial charge in [0, 0.05) is 28.5 Å². The third kappa shape index (κ3) is 1.57. The summed E-state index contributed by atoms with van der Waals surface area (Å²) in [6, 6.07) is 0. The fourth-order valence-electron chi connectivity index (χ4n) is 1.58. The number of hydrogen-bond donors (Lipinski definition) is 0. The SMILES string of the molecule is Cc1c(C=O)c(Br)c(C(C)C)n1C. The van der Waals surface area contributed by atoms with E-state index >= 15 is 0 Å². The number of aldehydes is 1. The monoisotopic (exact) mass is 243 g/mol. The number of hydrogen-bond acceptors (Lipinski definition) is 1. The van der Waals surface area contributed by atoms with Crippen LogP contribution in [-0.2, 0) is 7.05 Å². The second-order valence-corrected chi connectivity index (χ2v) is 4.32. The fourth-order valence-corrected chi connectivity index (χ4v) is 2.69. The molecule has 72 valence electrons. The maximum atomic E-state index is 10.8. The molecule has 0 aromatic carbocycles. The van der Waals surface area contributed by atoms with E-state index in [1.165, 1.54) is 5.69 Å². The number of carbonyl (C=O) groups excluding carboxylic acids is 1. The molecule has 0 spiro atoms. The largest absolute Gasteiger partial charge is 0.350 e. The van der Waals surface area contributed by atoms with E-state index in [0.717, 1.165) is 22.0 Å². The number of aromatic nitrogens is 1. The molecular weight excluding hydrogens is 230 g/mol. The summed E-state index contributed by atoms with van der Waals surface area (Å²) in [5.74, 6) is 0.423. The van der Waals surface area contributed by atoms with Gasteiger partial charge in [-0.3, -0.25) is 4.79 Å². The van der Waals surface area contributed by atoms with Crippen molar-refractivity contribution in [3.05, 3.63) is 21.4 Å². The van der Waals surface area contributed by atoms with Gasteiger partial charge < -0.3 is 4.57 Å². The molecule has 0 amide bonds. The van der Waals surface area contributed by atoms with Crippen molar-refractivity contribution in [3.8, 4) is 0 Å². The van der Waals surface area contributed by atoms with Crippen LogP contribution in [0.5, 0.6) is 0 Å². The Morgan fingerprint density at radius 2 is 2.00 bits per heavy atom. The lowest BCUT2D eigenvalue weighted by molar-refractivity contribution is 0.112. The maximum absolute atomic E-state index is 10.8. The van der Waals surface area contributed by atoms with E-state index < -0.39 is 0 Å². The smallest absolute Gasteiger partial charge is 0.153 e. The van der Waals surface area contributed by atoms with Gasteiger partial charge in [0.15, 0.2) is 6.29 Å². The van der Waals surface area contributed by atoms with E-state index in [1.807, 2.05) is 14.0 Å². The molecule has 0 saturated carbocycles. The van der Waals surface area contributed by atoms with Gasteiger partial charge in [0.25, 0.3) is 0 Å². The number of rotatable bonds is 2. The third-order valence-corrected chi connectivity index (χ3v) is 3.21. The Kier molecular flexibility index (Phi) is 2.96. The lowest BCUT2D eigenvalue weighted by Crippen LogP contribution is -2.00. The molecule has 1 rings (SSSR count). The summed E-state index contributed by atoms with van der Waals surface area (Å²) < 4.78 is 3.01. The predicted molar refractivity (Wildman–Crippen MR) is 57.3 cm³/mol. The molecule has 1 aromatic heterocycles. The van der Waals surface area contributed by atoms with E-state index in [9.17, 15) is 4.79 Å². The first-order valence-corrected chi connectivity index (χ1v) is 5.09. The van der Waals surface area contributed by atoms with Crippen LogP contribution >= 0.6 is 15.9 Å². The first-order valence-electron chi connectivity index (χ1n) is 4.30. The Balaban J connectivity index is 3.45. The van der Waals surface area contributed by atoms with Crippen LogP contribution in [0.1, 0.15) is 41.5 Å². The van der Waals surface area contributed by atoms with Crippen LogP contribution in [0.2, 0.25) is 0 Å². The van der Waals surface area contributed by atoms with Crippen molar-refractivity contribution in [2.45, 2.75) is 26.7 Å². The summed E-state index contributed by atoms with van der Waals surface area (Å²) in [5, 5.41) is 0. The Hall–Kier alpha value is -0.570. The van der Waals surface area contributed by atoms with Crippen molar-refractivity contribution in [2.24, 2.45) is 7.05 Å². The van der Waals surface area contributed by atoms with Crippen LogP contribution in [0.3, 0.4) is 0 Å². The molecular formula is C10H14BrNO. The standard InChI is InChI=1S/C10H14BrNO/c1-6(2)10-9(11)8(5-13)7(3)12(10)4/h5-6H,1-4H3. The minimum absolute atomic E-state index is 0.423. The molecule has 0 aliphatic carbocycles. The zero-order valence-corrected chi connectivity index (χ0v) is 9.97. The molecule has 0 N–H and O–H groups in total. The average Bonchev–Trinajstić information content (AvgIpc) is 2.24. The first kappa shape index (κ1) is 10.5. The van der Waals surface area contributed by atoms with Gasteiger partial charge in [0.1, 0.15) is 0 Å². The van der Waals surface area contributed by atoms with Crippen LogP contribution in [-0.4, -0.2) is 10.9 Å². The van der Waals surface area contributed by atoms with E-state index in [2.05, 4.69) is 34.3 Å². The minimum atomic E-state index is 0.423. The summed E-state index contributed by atoms with van der Waals surface area (Å²) in [5.41, 5.74) is 2.97. The Bertz CT molecular complexity index is 339. The topological polar surface area (TPSA) is 22.0 Å². The van der Waals surface area contributed by atoms with Crippen LogP contribution in [0.25, 0.3) is 0 Å². The van der Waals surface area contributed by atoms with Crippen LogP contribution in [0, 0.1) is 6.92 Å². The second-order valence-electron chi connectivity index (χ2n) is 3.53. The van der Waals surface area contributed by atoms with Crippen molar-refractivity contribution in [3.63, 3.8) is 0 Å². The van der Waals surface area contributed by atoms with E-state index in [1.54, 1.807) is 0 Å².